The lowest BCUT2D eigenvalue weighted by atomic mass is 9.93. The SMILES string of the molecule is O=C1c2ccccc2C(=O)C1c1cccc(C(F)F)c1. The minimum Gasteiger partial charge on any atom is -0.293 e. The zero-order valence-corrected chi connectivity index (χ0v) is 10.3. The van der Waals surface area contributed by atoms with E-state index in [1.165, 1.54) is 24.3 Å². The molecule has 20 heavy (non-hydrogen) atoms. The van der Waals surface area contributed by atoms with Crippen molar-refractivity contribution in [2.45, 2.75) is 12.3 Å². The Morgan fingerprint density at radius 1 is 0.850 bits per heavy atom. The number of Topliss-reactive ketones (excluding diaryl/α,β-unsaturated/α-hetero) is 2. The minimum absolute atomic E-state index is 0.181. The molecule has 0 saturated carbocycles. The van der Waals surface area contributed by atoms with E-state index in [2.05, 4.69) is 0 Å². The number of carbonyl (C=O) groups is 2. The summed E-state index contributed by atoms with van der Waals surface area (Å²) < 4.78 is 25.4. The van der Waals surface area contributed by atoms with Crippen LogP contribution in [-0.2, 0) is 0 Å². The first-order valence-electron chi connectivity index (χ1n) is 6.15. The lowest BCUT2D eigenvalue weighted by Crippen LogP contribution is -2.13. The van der Waals surface area contributed by atoms with Crippen LogP contribution in [0.4, 0.5) is 8.78 Å². The summed E-state index contributed by atoms with van der Waals surface area (Å²) in [4.78, 5) is 24.6. The second-order valence-electron chi connectivity index (χ2n) is 4.68. The molecule has 2 aromatic rings. The molecule has 100 valence electrons. The van der Waals surface area contributed by atoms with Gasteiger partial charge in [0.2, 0.25) is 0 Å². The van der Waals surface area contributed by atoms with Crippen molar-refractivity contribution in [3.8, 4) is 0 Å². The van der Waals surface area contributed by atoms with Crippen molar-refractivity contribution in [3.63, 3.8) is 0 Å². The van der Waals surface area contributed by atoms with Gasteiger partial charge in [-0.1, -0.05) is 42.5 Å². The fraction of sp³-hybridized carbons (Fsp3) is 0.125. The van der Waals surface area contributed by atoms with Crippen LogP contribution < -0.4 is 0 Å². The summed E-state index contributed by atoms with van der Waals surface area (Å²) in [5.41, 5.74) is 0.878. The standard InChI is InChI=1S/C16H10F2O2/c17-16(18)10-5-3-4-9(8-10)13-14(19)11-6-1-2-7-12(11)15(13)20/h1-8,13,16H. The lowest BCUT2D eigenvalue weighted by Gasteiger charge is -2.09. The van der Waals surface area contributed by atoms with Crippen LogP contribution in [0.1, 0.15) is 44.2 Å². The largest absolute Gasteiger partial charge is 0.293 e. The fourth-order valence-electron chi connectivity index (χ4n) is 2.52. The van der Waals surface area contributed by atoms with E-state index in [9.17, 15) is 18.4 Å². The summed E-state index contributed by atoms with van der Waals surface area (Å²) in [5.74, 6) is -1.64. The van der Waals surface area contributed by atoms with Gasteiger partial charge in [0, 0.05) is 16.7 Å². The van der Waals surface area contributed by atoms with Gasteiger partial charge in [0.05, 0.1) is 0 Å². The Morgan fingerprint density at radius 2 is 1.45 bits per heavy atom. The Morgan fingerprint density at radius 3 is 2.00 bits per heavy atom. The quantitative estimate of drug-likeness (QED) is 0.779. The molecule has 0 spiro atoms. The molecule has 0 heterocycles. The highest BCUT2D eigenvalue weighted by atomic mass is 19.3. The zero-order chi connectivity index (χ0) is 14.3. The molecule has 0 aromatic heterocycles. The Bertz CT molecular complexity index is 672. The van der Waals surface area contributed by atoms with Gasteiger partial charge in [-0.25, -0.2) is 8.78 Å². The first-order chi connectivity index (χ1) is 9.59. The maximum absolute atomic E-state index is 12.7. The van der Waals surface area contributed by atoms with Crippen molar-refractivity contribution in [1.29, 1.82) is 0 Å². The van der Waals surface area contributed by atoms with Crippen LogP contribution in [0, 0.1) is 0 Å². The van der Waals surface area contributed by atoms with Crippen LogP contribution in [0.15, 0.2) is 48.5 Å². The third-order valence-electron chi connectivity index (χ3n) is 3.48. The van der Waals surface area contributed by atoms with Crippen molar-refractivity contribution < 1.29 is 18.4 Å². The van der Waals surface area contributed by atoms with Gasteiger partial charge in [-0.05, 0) is 11.6 Å². The highest BCUT2D eigenvalue weighted by molar-refractivity contribution is 6.29. The van der Waals surface area contributed by atoms with Crippen molar-refractivity contribution in [2.75, 3.05) is 0 Å². The van der Waals surface area contributed by atoms with Crippen molar-refractivity contribution in [1.82, 2.24) is 0 Å². The molecule has 0 radical (unpaired) electrons. The van der Waals surface area contributed by atoms with Crippen LogP contribution >= 0.6 is 0 Å². The number of hydrogen-bond acceptors (Lipinski definition) is 2. The molecule has 0 fully saturated rings. The van der Waals surface area contributed by atoms with E-state index >= 15 is 0 Å². The Labute approximate surface area is 114 Å². The van der Waals surface area contributed by atoms with Gasteiger partial charge < -0.3 is 0 Å². The van der Waals surface area contributed by atoms with Crippen LogP contribution in [0.5, 0.6) is 0 Å². The highest BCUT2D eigenvalue weighted by Gasteiger charge is 2.39. The Kier molecular flexibility index (Phi) is 2.93. The van der Waals surface area contributed by atoms with E-state index in [0.717, 1.165) is 0 Å². The molecule has 0 unspecified atom stereocenters. The van der Waals surface area contributed by atoms with Crippen LogP contribution in [0.2, 0.25) is 0 Å². The van der Waals surface area contributed by atoms with Crippen molar-refractivity contribution in [3.05, 3.63) is 70.8 Å². The number of rotatable bonds is 2. The van der Waals surface area contributed by atoms with Gasteiger partial charge in [-0.15, -0.1) is 0 Å². The van der Waals surface area contributed by atoms with Gasteiger partial charge in [0.25, 0.3) is 6.43 Å². The average molecular weight is 272 g/mol. The molecule has 0 atom stereocenters. The van der Waals surface area contributed by atoms with E-state index in [1.54, 1.807) is 24.3 Å². The third kappa shape index (κ3) is 1.84. The second kappa shape index (κ2) is 4.63. The fourth-order valence-corrected chi connectivity index (χ4v) is 2.52. The molecule has 3 rings (SSSR count). The van der Waals surface area contributed by atoms with E-state index < -0.39 is 12.3 Å². The van der Waals surface area contributed by atoms with Crippen LogP contribution in [0.3, 0.4) is 0 Å². The summed E-state index contributed by atoms with van der Waals surface area (Å²) in [6.45, 7) is 0. The van der Waals surface area contributed by atoms with Gasteiger partial charge in [-0.3, -0.25) is 9.59 Å². The molecule has 4 heteroatoms. The summed E-state index contributed by atoms with van der Waals surface area (Å²) in [7, 11) is 0. The van der Waals surface area contributed by atoms with Crippen LogP contribution in [-0.4, -0.2) is 11.6 Å². The number of fused-ring (bicyclic) bond motifs is 1. The topological polar surface area (TPSA) is 34.1 Å². The second-order valence-corrected chi connectivity index (χ2v) is 4.68. The van der Waals surface area contributed by atoms with E-state index in [1.807, 2.05) is 0 Å². The van der Waals surface area contributed by atoms with E-state index in [4.69, 9.17) is 0 Å². The number of ketones is 2. The van der Waals surface area contributed by atoms with Crippen molar-refractivity contribution >= 4 is 11.6 Å². The van der Waals surface area contributed by atoms with Crippen molar-refractivity contribution in [2.24, 2.45) is 0 Å². The molecular weight excluding hydrogens is 262 g/mol. The molecule has 2 aromatic carbocycles. The number of benzene rings is 2. The first kappa shape index (κ1) is 12.7. The summed E-state index contributed by atoms with van der Waals surface area (Å²) in [6.07, 6.45) is -2.62. The van der Waals surface area contributed by atoms with Gasteiger partial charge >= 0.3 is 0 Å². The maximum atomic E-state index is 12.7. The van der Waals surface area contributed by atoms with Gasteiger partial charge in [0.15, 0.2) is 11.6 Å². The lowest BCUT2D eigenvalue weighted by molar-refractivity contribution is 0.0889. The molecule has 1 aliphatic rings. The maximum Gasteiger partial charge on any atom is 0.263 e. The molecule has 0 bridgehead atoms. The summed E-state index contributed by atoms with van der Waals surface area (Å²) in [5, 5.41) is 0. The molecule has 1 aliphatic carbocycles. The normalized spacial score (nSPS) is 14.9. The Hall–Kier alpha value is -2.36. The molecular formula is C16H10F2O2. The predicted molar refractivity (Wildman–Crippen MR) is 69.2 cm³/mol. The summed E-state index contributed by atoms with van der Waals surface area (Å²) >= 11 is 0. The molecule has 0 amide bonds. The first-order valence-corrected chi connectivity index (χ1v) is 6.15. The number of carbonyl (C=O) groups excluding carboxylic acids is 2. The average Bonchev–Trinajstić information content (AvgIpc) is 2.72. The van der Waals surface area contributed by atoms with E-state index in [0.29, 0.717) is 16.7 Å². The number of hydrogen-bond donors (Lipinski definition) is 0. The van der Waals surface area contributed by atoms with E-state index in [-0.39, 0.29) is 17.1 Å². The third-order valence-corrected chi connectivity index (χ3v) is 3.48. The monoisotopic (exact) mass is 272 g/mol. The van der Waals surface area contributed by atoms with Gasteiger partial charge in [-0.2, -0.15) is 0 Å². The number of alkyl halides is 2. The highest BCUT2D eigenvalue weighted by Crippen LogP contribution is 2.35. The molecule has 2 nitrogen and oxygen atoms in total. The smallest absolute Gasteiger partial charge is 0.263 e. The predicted octanol–water partition coefficient (Wildman–Crippen LogP) is 3.79. The molecule has 0 aliphatic heterocycles. The molecule has 0 saturated heterocycles. The van der Waals surface area contributed by atoms with Crippen LogP contribution in [0.25, 0.3) is 0 Å². The molecule has 0 N–H and O–H groups in total. The Balaban J connectivity index is 2.07. The zero-order valence-electron chi connectivity index (χ0n) is 10.3. The summed E-state index contributed by atoms with van der Waals surface area (Å²) in [6, 6.07) is 12.0. The minimum atomic E-state index is -2.62. The number of halogens is 2. The van der Waals surface area contributed by atoms with Gasteiger partial charge in [0.1, 0.15) is 5.92 Å².